The van der Waals surface area contributed by atoms with Crippen LogP contribution in [0.4, 0.5) is 15.8 Å². The van der Waals surface area contributed by atoms with Crippen molar-refractivity contribution in [2.24, 2.45) is 23.7 Å². The molecule has 2 amide bonds. The van der Waals surface area contributed by atoms with Crippen LogP contribution in [0.1, 0.15) is 13.8 Å². The number of nitro benzene ring substituents is 1. The molecule has 3 aliphatic rings. The lowest BCUT2D eigenvalue weighted by atomic mass is 9.85. The number of carbonyl (C=O) groups excluding carboxylic acids is 2. The number of allylic oxidation sites excluding steroid dienone is 4. The Labute approximate surface area is 142 Å². The molecule has 1 aromatic rings. The van der Waals surface area contributed by atoms with Gasteiger partial charge in [0.1, 0.15) is 11.5 Å². The van der Waals surface area contributed by atoms with Crippen LogP contribution in [0.5, 0.6) is 0 Å². The van der Waals surface area contributed by atoms with Gasteiger partial charge in [0, 0.05) is 11.8 Å². The van der Waals surface area contributed by atoms with Crippen LogP contribution in [0.25, 0.3) is 0 Å². The molecule has 0 N–H and O–H groups in total. The lowest BCUT2D eigenvalue weighted by Gasteiger charge is -2.19. The molecule has 6 nitrogen and oxygen atoms in total. The van der Waals surface area contributed by atoms with Crippen molar-refractivity contribution < 1.29 is 18.9 Å². The number of halogens is 1. The SMILES string of the molecule is CC(C)=C1[C@H]2C=C[C@H]1[C@H]1C(=O)N(c3ccc(F)cc3[N+](=O)[O-])C(=O)[C@@H]12. The lowest BCUT2D eigenvalue weighted by Crippen LogP contribution is -2.33. The van der Waals surface area contributed by atoms with Gasteiger partial charge in [-0.05, 0) is 26.0 Å². The van der Waals surface area contributed by atoms with Gasteiger partial charge in [0.2, 0.25) is 11.8 Å². The number of anilines is 1. The Morgan fingerprint density at radius 3 is 2.16 bits per heavy atom. The third-order valence-electron chi connectivity index (χ3n) is 5.37. The number of nitro groups is 1. The summed E-state index contributed by atoms with van der Waals surface area (Å²) < 4.78 is 13.4. The number of carbonyl (C=O) groups is 2. The van der Waals surface area contributed by atoms with E-state index in [1.807, 2.05) is 26.0 Å². The fraction of sp³-hybridized carbons (Fsp3) is 0.333. The van der Waals surface area contributed by atoms with Crippen molar-refractivity contribution in [3.63, 3.8) is 0 Å². The van der Waals surface area contributed by atoms with E-state index in [1.165, 1.54) is 0 Å². The van der Waals surface area contributed by atoms with E-state index in [4.69, 9.17) is 0 Å². The van der Waals surface area contributed by atoms with E-state index in [9.17, 15) is 24.1 Å². The fourth-order valence-electron chi connectivity index (χ4n) is 4.50. The van der Waals surface area contributed by atoms with Crippen LogP contribution in [0.3, 0.4) is 0 Å². The molecule has 1 saturated heterocycles. The molecule has 0 radical (unpaired) electrons. The van der Waals surface area contributed by atoms with Gasteiger partial charge in [0.15, 0.2) is 0 Å². The Morgan fingerprint density at radius 2 is 1.68 bits per heavy atom. The molecule has 2 aliphatic carbocycles. The topological polar surface area (TPSA) is 80.5 Å². The van der Waals surface area contributed by atoms with E-state index >= 15 is 0 Å². The molecular weight excluding hydrogens is 327 g/mol. The first-order valence-corrected chi connectivity index (χ1v) is 8.00. The van der Waals surface area contributed by atoms with Crippen molar-refractivity contribution >= 4 is 23.2 Å². The first-order valence-electron chi connectivity index (χ1n) is 8.00. The molecule has 2 fully saturated rings. The Balaban J connectivity index is 1.81. The highest BCUT2D eigenvalue weighted by atomic mass is 19.1. The number of benzene rings is 1. The quantitative estimate of drug-likeness (QED) is 0.358. The molecule has 7 heteroatoms. The van der Waals surface area contributed by atoms with Crippen LogP contribution in [0.2, 0.25) is 0 Å². The van der Waals surface area contributed by atoms with Gasteiger partial charge in [-0.3, -0.25) is 19.7 Å². The van der Waals surface area contributed by atoms with Gasteiger partial charge in [-0.1, -0.05) is 23.3 Å². The molecule has 1 heterocycles. The number of nitrogens with zero attached hydrogens (tertiary/aromatic N) is 2. The summed E-state index contributed by atoms with van der Waals surface area (Å²) in [5.41, 5.74) is 1.46. The highest BCUT2D eigenvalue weighted by Crippen LogP contribution is 2.57. The van der Waals surface area contributed by atoms with Crippen molar-refractivity contribution in [3.8, 4) is 0 Å². The number of hydrogen-bond donors (Lipinski definition) is 0. The Bertz CT molecular complexity index is 866. The first kappa shape index (κ1) is 15.7. The van der Waals surface area contributed by atoms with Crippen LogP contribution < -0.4 is 4.90 Å². The second-order valence-electron chi connectivity index (χ2n) is 6.85. The highest BCUT2D eigenvalue weighted by molar-refractivity contribution is 6.24. The molecule has 1 aliphatic heterocycles. The molecule has 0 spiro atoms. The molecule has 4 rings (SSSR count). The van der Waals surface area contributed by atoms with Crippen LogP contribution >= 0.6 is 0 Å². The van der Waals surface area contributed by atoms with Crippen molar-refractivity contribution in [3.05, 3.63) is 57.4 Å². The maximum absolute atomic E-state index is 13.4. The molecule has 1 aromatic carbocycles. The maximum Gasteiger partial charge on any atom is 0.296 e. The molecule has 0 aromatic heterocycles. The number of hydrogen-bond acceptors (Lipinski definition) is 4. The van der Waals surface area contributed by atoms with E-state index in [0.29, 0.717) is 0 Å². The van der Waals surface area contributed by atoms with Crippen LogP contribution in [-0.2, 0) is 9.59 Å². The predicted molar refractivity (Wildman–Crippen MR) is 87.0 cm³/mol. The Morgan fingerprint density at radius 1 is 1.12 bits per heavy atom. The zero-order chi connectivity index (χ0) is 18.0. The van der Waals surface area contributed by atoms with Crippen molar-refractivity contribution in [1.29, 1.82) is 0 Å². The first-order chi connectivity index (χ1) is 11.8. The monoisotopic (exact) mass is 342 g/mol. The molecule has 25 heavy (non-hydrogen) atoms. The summed E-state index contributed by atoms with van der Waals surface area (Å²) in [5, 5.41) is 11.2. The van der Waals surface area contributed by atoms with Crippen LogP contribution in [-0.4, -0.2) is 16.7 Å². The Hall–Kier alpha value is -2.83. The third kappa shape index (κ3) is 1.95. The van der Waals surface area contributed by atoms with Crippen LogP contribution in [0.15, 0.2) is 41.5 Å². The summed E-state index contributed by atoms with van der Waals surface area (Å²) in [4.78, 5) is 37.2. The van der Waals surface area contributed by atoms with E-state index in [0.717, 1.165) is 34.2 Å². The van der Waals surface area contributed by atoms with E-state index in [-0.39, 0.29) is 17.5 Å². The highest BCUT2D eigenvalue weighted by Gasteiger charge is 2.62. The summed E-state index contributed by atoms with van der Waals surface area (Å²) in [6.07, 6.45) is 3.89. The number of imide groups is 1. The van der Waals surface area contributed by atoms with Gasteiger partial charge in [-0.2, -0.15) is 0 Å². The Kier molecular flexibility index (Phi) is 3.19. The lowest BCUT2D eigenvalue weighted by molar-refractivity contribution is -0.384. The largest absolute Gasteiger partial charge is 0.296 e. The average molecular weight is 342 g/mol. The normalized spacial score (nSPS) is 29.6. The molecular formula is C18H15FN2O4. The van der Waals surface area contributed by atoms with Crippen molar-refractivity contribution in [2.45, 2.75) is 13.8 Å². The van der Waals surface area contributed by atoms with Gasteiger partial charge in [0.05, 0.1) is 22.8 Å². The molecule has 4 atom stereocenters. The van der Waals surface area contributed by atoms with Gasteiger partial charge >= 0.3 is 0 Å². The second kappa shape index (κ2) is 5.08. The zero-order valence-corrected chi connectivity index (χ0v) is 13.6. The zero-order valence-electron chi connectivity index (χ0n) is 13.6. The fourth-order valence-corrected chi connectivity index (χ4v) is 4.50. The van der Waals surface area contributed by atoms with Crippen molar-refractivity contribution in [2.75, 3.05) is 4.90 Å². The minimum absolute atomic E-state index is 0.138. The average Bonchev–Trinajstić information content (AvgIpc) is 3.18. The summed E-state index contributed by atoms with van der Waals surface area (Å²) in [7, 11) is 0. The van der Waals surface area contributed by atoms with E-state index in [1.54, 1.807) is 0 Å². The van der Waals surface area contributed by atoms with Crippen LogP contribution in [0, 0.1) is 39.6 Å². The third-order valence-corrected chi connectivity index (χ3v) is 5.37. The van der Waals surface area contributed by atoms with Gasteiger partial charge in [-0.15, -0.1) is 0 Å². The number of fused-ring (bicyclic) bond motifs is 5. The minimum Gasteiger partial charge on any atom is -0.274 e. The predicted octanol–water partition coefficient (Wildman–Crippen LogP) is 2.99. The number of rotatable bonds is 2. The molecule has 1 saturated carbocycles. The minimum atomic E-state index is -0.789. The van der Waals surface area contributed by atoms with Crippen molar-refractivity contribution in [1.82, 2.24) is 0 Å². The standard InChI is InChI=1S/C18H15FN2O4/c1-8(2)14-10-4-5-11(14)16-15(10)17(22)20(18(16)23)12-6-3-9(19)7-13(12)21(24)25/h3-7,10-11,15-16H,1-2H3/t10-,11-,15-,16-/m1/s1. The molecule has 2 bridgehead atoms. The van der Waals surface area contributed by atoms with Gasteiger partial charge < -0.3 is 0 Å². The summed E-state index contributed by atoms with van der Waals surface area (Å²) in [5.74, 6) is -3.01. The van der Waals surface area contributed by atoms with Gasteiger partial charge in [0.25, 0.3) is 5.69 Å². The van der Waals surface area contributed by atoms with E-state index in [2.05, 4.69) is 0 Å². The van der Waals surface area contributed by atoms with E-state index < -0.39 is 40.1 Å². The second-order valence-corrected chi connectivity index (χ2v) is 6.85. The summed E-state index contributed by atoms with van der Waals surface area (Å²) in [6, 6.07) is 2.88. The molecule has 128 valence electrons. The maximum atomic E-state index is 13.4. The number of amides is 2. The summed E-state index contributed by atoms with van der Waals surface area (Å²) >= 11 is 0. The van der Waals surface area contributed by atoms with Gasteiger partial charge in [-0.25, -0.2) is 9.29 Å². The smallest absolute Gasteiger partial charge is 0.274 e. The summed E-state index contributed by atoms with van der Waals surface area (Å²) in [6.45, 7) is 3.92. The molecule has 0 unspecified atom stereocenters.